The molecule has 1 amide bonds. The number of nitrogens with zero attached hydrogens (tertiary/aromatic N) is 4. The first-order chi connectivity index (χ1) is 14.8. The molecule has 9 heteroatoms. The van der Waals surface area contributed by atoms with Crippen molar-refractivity contribution in [2.45, 2.75) is 38.5 Å². The Hall–Kier alpha value is -3.67. The van der Waals surface area contributed by atoms with Crippen molar-refractivity contribution in [3.8, 4) is 17.3 Å². The zero-order valence-electron chi connectivity index (χ0n) is 16.6. The maximum absolute atomic E-state index is 13.0. The number of amides is 1. The topological polar surface area (TPSA) is 83.6 Å². The van der Waals surface area contributed by atoms with Gasteiger partial charge in [-0.15, -0.1) is 0 Å². The molecule has 1 aliphatic rings. The summed E-state index contributed by atoms with van der Waals surface area (Å²) in [4.78, 5) is 16.2. The highest BCUT2D eigenvalue weighted by atomic mass is 19.4. The lowest BCUT2D eigenvalue weighted by atomic mass is 10.0. The first-order valence-electron chi connectivity index (χ1n) is 9.74. The molecule has 3 aromatic rings. The summed E-state index contributed by atoms with van der Waals surface area (Å²) in [5, 5.41) is 16.5. The smallest absolute Gasteiger partial charge is 0.344 e. The minimum absolute atomic E-state index is 0.309. The Morgan fingerprint density at radius 1 is 1.29 bits per heavy atom. The standard InChI is InChI=1S/C22H18F3N5O/c1-2-13-7-14(12-26)9-16(8-13)21(31)28-17-4-6-30-19(17)11-18(29-30)15-3-5-27-20(10-15)22(23,24)25/h3,5,7-11,17H,2,4,6H2,1H3,(H,28,31)/t17-/m1/s1. The quantitative estimate of drug-likeness (QED) is 0.677. The molecule has 158 valence electrons. The van der Waals surface area contributed by atoms with E-state index in [1.165, 1.54) is 6.07 Å². The van der Waals surface area contributed by atoms with E-state index in [2.05, 4.69) is 21.5 Å². The average molecular weight is 425 g/mol. The van der Waals surface area contributed by atoms with Gasteiger partial charge in [-0.25, -0.2) is 0 Å². The zero-order chi connectivity index (χ0) is 22.2. The van der Waals surface area contributed by atoms with E-state index in [0.29, 0.717) is 41.8 Å². The first-order valence-corrected chi connectivity index (χ1v) is 9.74. The number of nitriles is 1. The molecule has 2 aromatic heterocycles. The number of hydrogen-bond donors (Lipinski definition) is 1. The molecule has 1 atom stereocenters. The molecule has 1 aromatic carbocycles. The molecule has 1 aliphatic heterocycles. The Balaban J connectivity index is 1.57. The molecule has 3 heterocycles. The molecule has 0 bridgehead atoms. The minimum Gasteiger partial charge on any atom is -0.344 e. The van der Waals surface area contributed by atoms with E-state index in [4.69, 9.17) is 0 Å². The van der Waals surface area contributed by atoms with E-state index in [1.54, 1.807) is 28.9 Å². The molecule has 31 heavy (non-hydrogen) atoms. The van der Waals surface area contributed by atoms with Gasteiger partial charge in [0.1, 0.15) is 5.69 Å². The van der Waals surface area contributed by atoms with Crippen molar-refractivity contribution in [2.75, 3.05) is 0 Å². The van der Waals surface area contributed by atoms with Crippen LogP contribution >= 0.6 is 0 Å². The summed E-state index contributed by atoms with van der Waals surface area (Å²) < 4.78 is 40.6. The van der Waals surface area contributed by atoms with Gasteiger partial charge in [0.2, 0.25) is 0 Å². The van der Waals surface area contributed by atoms with Crippen LogP contribution in [0.5, 0.6) is 0 Å². The molecule has 6 nitrogen and oxygen atoms in total. The number of alkyl halides is 3. The molecule has 0 fully saturated rings. The molecule has 4 rings (SSSR count). The highest BCUT2D eigenvalue weighted by molar-refractivity contribution is 5.95. The van der Waals surface area contributed by atoms with Crippen LogP contribution in [0.15, 0.2) is 42.6 Å². The van der Waals surface area contributed by atoms with Crippen LogP contribution in [0.2, 0.25) is 0 Å². The van der Waals surface area contributed by atoms with Crippen molar-refractivity contribution in [1.29, 1.82) is 5.26 Å². The number of nitrogens with one attached hydrogen (secondary N) is 1. The van der Waals surface area contributed by atoms with Gasteiger partial charge in [0.25, 0.3) is 5.91 Å². The summed E-state index contributed by atoms with van der Waals surface area (Å²) in [5.74, 6) is -0.309. The molecule has 0 saturated carbocycles. The summed E-state index contributed by atoms with van der Waals surface area (Å²) in [6.07, 6.45) is -2.11. The first kappa shape index (κ1) is 20.6. The monoisotopic (exact) mass is 425 g/mol. The highest BCUT2D eigenvalue weighted by Gasteiger charge is 2.33. The second kappa shape index (κ2) is 7.87. The van der Waals surface area contributed by atoms with Gasteiger partial charge in [0, 0.05) is 23.9 Å². The van der Waals surface area contributed by atoms with Crippen LogP contribution in [0.25, 0.3) is 11.3 Å². The predicted molar refractivity (Wildman–Crippen MR) is 106 cm³/mol. The molecule has 0 saturated heterocycles. The molecule has 0 radical (unpaired) electrons. The number of aryl methyl sites for hydroxylation is 2. The minimum atomic E-state index is -4.54. The Labute approximate surface area is 176 Å². The zero-order valence-corrected chi connectivity index (χ0v) is 16.6. The van der Waals surface area contributed by atoms with Crippen LogP contribution in [-0.4, -0.2) is 20.7 Å². The lowest BCUT2D eigenvalue weighted by molar-refractivity contribution is -0.141. The van der Waals surface area contributed by atoms with Gasteiger partial charge in [-0.3, -0.25) is 14.5 Å². The maximum atomic E-state index is 13.0. The second-order valence-electron chi connectivity index (χ2n) is 7.30. The van der Waals surface area contributed by atoms with E-state index in [1.807, 2.05) is 6.92 Å². The Morgan fingerprint density at radius 3 is 2.81 bits per heavy atom. The van der Waals surface area contributed by atoms with Crippen LogP contribution in [0.4, 0.5) is 13.2 Å². The van der Waals surface area contributed by atoms with Crippen molar-refractivity contribution in [3.63, 3.8) is 0 Å². The highest BCUT2D eigenvalue weighted by Crippen LogP contribution is 2.33. The molecule has 1 N–H and O–H groups in total. The third-order valence-corrected chi connectivity index (χ3v) is 5.24. The van der Waals surface area contributed by atoms with Gasteiger partial charge >= 0.3 is 6.18 Å². The molecule has 0 spiro atoms. The van der Waals surface area contributed by atoms with Crippen LogP contribution in [-0.2, 0) is 19.1 Å². The summed E-state index contributed by atoms with van der Waals surface area (Å²) in [7, 11) is 0. The van der Waals surface area contributed by atoms with Crippen molar-refractivity contribution >= 4 is 5.91 Å². The van der Waals surface area contributed by atoms with Crippen LogP contribution in [0.1, 0.15) is 52.3 Å². The number of rotatable bonds is 4. The predicted octanol–water partition coefficient (Wildman–Crippen LogP) is 4.27. The molecule has 0 aliphatic carbocycles. The van der Waals surface area contributed by atoms with E-state index in [0.717, 1.165) is 23.5 Å². The SMILES string of the molecule is CCc1cc(C#N)cc(C(=O)N[C@@H]2CCn3nc(-c4ccnc(C(F)(F)F)c4)cc32)c1. The van der Waals surface area contributed by atoms with E-state index < -0.39 is 11.9 Å². The van der Waals surface area contributed by atoms with Gasteiger partial charge < -0.3 is 5.32 Å². The fourth-order valence-electron chi connectivity index (χ4n) is 3.66. The Morgan fingerprint density at radius 2 is 2.10 bits per heavy atom. The van der Waals surface area contributed by atoms with Crippen molar-refractivity contribution in [3.05, 3.63) is 70.7 Å². The third kappa shape index (κ3) is 4.14. The number of carbonyl (C=O) groups is 1. The third-order valence-electron chi connectivity index (χ3n) is 5.24. The summed E-state index contributed by atoms with van der Waals surface area (Å²) in [6, 6.07) is 10.9. The normalized spacial score (nSPS) is 15.4. The molecule has 0 unspecified atom stereocenters. The number of carbonyl (C=O) groups excluding carboxylic acids is 1. The molecular weight excluding hydrogens is 407 g/mol. The Kier molecular flexibility index (Phi) is 5.23. The van der Waals surface area contributed by atoms with Gasteiger partial charge in [0.05, 0.1) is 29.1 Å². The lowest BCUT2D eigenvalue weighted by Gasteiger charge is -2.13. The van der Waals surface area contributed by atoms with E-state index >= 15 is 0 Å². The Bertz CT molecular complexity index is 1190. The summed E-state index contributed by atoms with van der Waals surface area (Å²) >= 11 is 0. The van der Waals surface area contributed by atoms with Crippen molar-refractivity contribution in [1.82, 2.24) is 20.1 Å². The van der Waals surface area contributed by atoms with Crippen LogP contribution in [0.3, 0.4) is 0 Å². The number of hydrogen-bond acceptors (Lipinski definition) is 4. The number of halogens is 3. The van der Waals surface area contributed by atoms with Gasteiger partial charge in [-0.2, -0.15) is 23.5 Å². The van der Waals surface area contributed by atoms with Crippen LogP contribution < -0.4 is 5.32 Å². The van der Waals surface area contributed by atoms with Crippen molar-refractivity contribution in [2.24, 2.45) is 0 Å². The summed E-state index contributed by atoms with van der Waals surface area (Å²) in [5.41, 5.74) is 2.15. The van der Waals surface area contributed by atoms with E-state index in [9.17, 15) is 23.2 Å². The lowest BCUT2D eigenvalue weighted by Crippen LogP contribution is -2.27. The second-order valence-corrected chi connectivity index (χ2v) is 7.30. The average Bonchev–Trinajstić information content (AvgIpc) is 3.34. The van der Waals surface area contributed by atoms with Crippen molar-refractivity contribution < 1.29 is 18.0 Å². The largest absolute Gasteiger partial charge is 0.433 e. The summed E-state index contributed by atoms with van der Waals surface area (Å²) in [6.45, 7) is 2.48. The van der Waals surface area contributed by atoms with Gasteiger partial charge in [-0.05, 0) is 54.8 Å². The number of aromatic nitrogens is 3. The number of fused-ring (bicyclic) bond motifs is 1. The number of benzene rings is 1. The molecular formula is C22H18F3N5O. The maximum Gasteiger partial charge on any atom is 0.433 e. The van der Waals surface area contributed by atoms with Gasteiger partial charge in [-0.1, -0.05) is 6.92 Å². The van der Waals surface area contributed by atoms with E-state index in [-0.39, 0.29) is 11.9 Å². The fourth-order valence-corrected chi connectivity index (χ4v) is 3.66. The van der Waals surface area contributed by atoms with Crippen LogP contribution in [0, 0.1) is 11.3 Å². The van der Waals surface area contributed by atoms with Gasteiger partial charge in [0.15, 0.2) is 0 Å². The fraction of sp³-hybridized carbons (Fsp3) is 0.273. The number of pyridine rings is 1.